The van der Waals surface area contributed by atoms with Crippen LogP contribution in [0.25, 0.3) is 10.8 Å². The number of ether oxygens (including phenoxy) is 1. The second-order valence-corrected chi connectivity index (χ2v) is 5.19. The van der Waals surface area contributed by atoms with E-state index in [0.29, 0.717) is 17.7 Å². The second-order valence-electron chi connectivity index (χ2n) is 4.22. The summed E-state index contributed by atoms with van der Waals surface area (Å²) in [5.41, 5.74) is 1.92. The van der Waals surface area contributed by atoms with Crippen molar-refractivity contribution in [2.75, 3.05) is 0 Å². The van der Waals surface area contributed by atoms with Gasteiger partial charge in [0, 0.05) is 6.20 Å². The largest absolute Gasteiger partial charge is 0.487 e. The Morgan fingerprint density at radius 2 is 2.10 bits per heavy atom. The Hall–Kier alpha value is -2.40. The number of aromatic nitrogens is 1. The van der Waals surface area contributed by atoms with E-state index in [1.807, 2.05) is 24.3 Å². The van der Waals surface area contributed by atoms with Crippen LogP contribution in [0, 0.1) is 0 Å². The molecular formula is C15H11NO3S. The van der Waals surface area contributed by atoms with Crippen molar-refractivity contribution in [2.45, 2.75) is 6.61 Å². The van der Waals surface area contributed by atoms with Crippen LogP contribution in [0.1, 0.15) is 15.2 Å². The van der Waals surface area contributed by atoms with Crippen molar-refractivity contribution in [3.8, 4) is 5.75 Å². The van der Waals surface area contributed by atoms with Crippen LogP contribution in [-0.4, -0.2) is 16.1 Å². The molecule has 5 heteroatoms. The summed E-state index contributed by atoms with van der Waals surface area (Å²) in [6.07, 6.45) is 1.71. The van der Waals surface area contributed by atoms with Crippen molar-refractivity contribution >= 4 is 28.1 Å². The minimum Gasteiger partial charge on any atom is -0.487 e. The zero-order valence-corrected chi connectivity index (χ0v) is 11.3. The summed E-state index contributed by atoms with van der Waals surface area (Å²) in [4.78, 5) is 16.4. The van der Waals surface area contributed by atoms with Gasteiger partial charge in [0.25, 0.3) is 0 Å². The molecule has 0 atom stereocenters. The standard InChI is InChI=1S/C15H11NO3S/c17-15(18)14-12-4-2-1-3-10(12)5-6-13(14)19-8-11-7-16-9-20-11/h1-7,9H,8H2,(H,17,18). The third-order valence-corrected chi connectivity index (χ3v) is 3.71. The van der Waals surface area contributed by atoms with Crippen LogP contribution in [-0.2, 0) is 6.61 Å². The lowest BCUT2D eigenvalue weighted by atomic mass is 10.0. The van der Waals surface area contributed by atoms with Gasteiger partial charge >= 0.3 is 5.97 Å². The van der Waals surface area contributed by atoms with E-state index in [2.05, 4.69) is 4.98 Å². The molecule has 0 saturated heterocycles. The number of hydrogen-bond acceptors (Lipinski definition) is 4. The quantitative estimate of drug-likeness (QED) is 0.796. The van der Waals surface area contributed by atoms with Crippen molar-refractivity contribution < 1.29 is 14.6 Å². The molecule has 3 rings (SSSR count). The third-order valence-electron chi connectivity index (χ3n) is 2.96. The topological polar surface area (TPSA) is 59.4 Å². The average Bonchev–Trinajstić information content (AvgIpc) is 2.97. The summed E-state index contributed by atoms with van der Waals surface area (Å²) >= 11 is 1.48. The van der Waals surface area contributed by atoms with E-state index < -0.39 is 5.97 Å². The lowest BCUT2D eigenvalue weighted by Gasteiger charge is -2.10. The molecule has 1 heterocycles. The molecule has 3 aromatic rings. The second kappa shape index (κ2) is 5.30. The third kappa shape index (κ3) is 2.35. The van der Waals surface area contributed by atoms with Gasteiger partial charge in [-0.05, 0) is 16.8 Å². The first-order valence-electron chi connectivity index (χ1n) is 6.01. The molecule has 0 aliphatic heterocycles. The molecule has 0 fully saturated rings. The maximum atomic E-state index is 11.5. The first-order chi connectivity index (χ1) is 9.75. The zero-order chi connectivity index (χ0) is 13.9. The van der Waals surface area contributed by atoms with E-state index in [9.17, 15) is 9.90 Å². The van der Waals surface area contributed by atoms with Crippen LogP contribution in [0.5, 0.6) is 5.75 Å². The highest BCUT2D eigenvalue weighted by Gasteiger charge is 2.15. The van der Waals surface area contributed by atoms with E-state index in [4.69, 9.17) is 4.74 Å². The number of benzene rings is 2. The summed E-state index contributed by atoms with van der Waals surface area (Å²) in [6, 6.07) is 10.9. The predicted molar refractivity (Wildman–Crippen MR) is 77.4 cm³/mol. The summed E-state index contributed by atoms with van der Waals surface area (Å²) in [5, 5.41) is 11.0. The van der Waals surface area contributed by atoms with E-state index in [1.54, 1.807) is 23.8 Å². The Labute approximate surface area is 119 Å². The summed E-state index contributed by atoms with van der Waals surface area (Å²) in [7, 11) is 0. The van der Waals surface area contributed by atoms with Gasteiger partial charge in [0.05, 0.1) is 10.4 Å². The number of nitrogens with zero attached hydrogens (tertiary/aromatic N) is 1. The minimum atomic E-state index is -0.985. The van der Waals surface area contributed by atoms with Gasteiger partial charge in [-0.25, -0.2) is 4.79 Å². The van der Waals surface area contributed by atoms with Gasteiger partial charge in [0.1, 0.15) is 17.9 Å². The van der Waals surface area contributed by atoms with Crippen LogP contribution in [0.4, 0.5) is 0 Å². The first-order valence-corrected chi connectivity index (χ1v) is 6.89. The van der Waals surface area contributed by atoms with Crippen molar-refractivity contribution in [3.05, 3.63) is 58.5 Å². The number of carbonyl (C=O) groups is 1. The van der Waals surface area contributed by atoms with Crippen molar-refractivity contribution in [1.29, 1.82) is 0 Å². The highest BCUT2D eigenvalue weighted by molar-refractivity contribution is 7.09. The number of fused-ring (bicyclic) bond motifs is 1. The Bertz CT molecular complexity index is 753. The summed E-state index contributed by atoms with van der Waals surface area (Å²) in [5.74, 6) is -0.606. The molecule has 4 nitrogen and oxygen atoms in total. The van der Waals surface area contributed by atoms with E-state index in [1.165, 1.54) is 11.3 Å². The molecule has 0 saturated carbocycles. The van der Waals surface area contributed by atoms with Gasteiger partial charge in [-0.15, -0.1) is 11.3 Å². The van der Waals surface area contributed by atoms with Crippen LogP contribution in [0.2, 0.25) is 0 Å². The van der Waals surface area contributed by atoms with Crippen LogP contribution >= 0.6 is 11.3 Å². The molecule has 0 aliphatic rings. The molecule has 0 aliphatic carbocycles. The van der Waals surface area contributed by atoms with E-state index in [0.717, 1.165) is 10.3 Å². The monoisotopic (exact) mass is 285 g/mol. The van der Waals surface area contributed by atoms with Gasteiger partial charge in [0.15, 0.2) is 0 Å². The van der Waals surface area contributed by atoms with Crippen LogP contribution in [0.15, 0.2) is 48.1 Å². The number of aromatic carboxylic acids is 1. The zero-order valence-electron chi connectivity index (χ0n) is 10.4. The number of rotatable bonds is 4. The van der Waals surface area contributed by atoms with Gasteiger partial charge < -0.3 is 9.84 Å². The Kier molecular flexibility index (Phi) is 3.35. The van der Waals surface area contributed by atoms with Gasteiger partial charge in [-0.1, -0.05) is 30.3 Å². The number of hydrogen-bond donors (Lipinski definition) is 1. The fourth-order valence-electron chi connectivity index (χ4n) is 2.05. The molecule has 1 N–H and O–H groups in total. The molecule has 1 aromatic heterocycles. The normalized spacial score (nSPS) is 10.6. The van der Waals surface area contributed by atoms with E-state index in [-0.39, 0.29) is 5.56 Å². The Morgan fingerprint density at radius 3 is 2.85 bits per heavy atom. The Balaban J connectivity index is 2.01. The van der Waals surface area contributed by atoms with Crippen molar-refractivity contribution in [3.63, 3.8) is 0 Å². The smallest absolute Gasteiger partial charge is 0.340 e. The molecule has 20 heavy (non-hydrogen) atoms. The number of carboxylic acid groups (broad SMARTS) is 1. The maximum Gasteiger partial charge on any atom is 0.340 e. The van der Waals surface area contributed by atoms with Crippen molar-refractivity contribution in [1.82, 2.24) is 4.98 Å². The van der Waals surface area contributed by atoms with Gasteiger partial charge in [-0.3, -0.25) is 4.98 Å². The summed E-state index contributed by atoms with van der Waals surface area (Å²) < 4.78 is 5.64. The average molecular weight is 285 g/mol. The van der Waals surface area contributed by atoms with Gasteiger partial charge in [0.2, 0.25) is 0 Å². The Morgan fingerprint density at radius 1 is 1.25 bits per heavy atom. The maximum absolute atomic E-state index is 11.5. The lowest BCUT2D eigenvalue weighted by Crippen LogP contribution is -2.03. The van der Waals surface area contributed by atoms with E-state index >= 15 is 0 Å². The highest BCUT2D eigenvalue weighted by atomic mass is 32.1. The fraction of sp³-hybridized carbons (Fsp3) is 0.0667. The molecule has 0 amide bonds. The van der Waals surface area contributed by atoms with Crippen LogP contribution in [0.3, 0.4) is 0 Å². The predicted octanol–water partition coefficient (Wildman–Crippen LogP) is 3.57. The lowest BCUT2D eigenvalue weighted by molar-refractivity contribution is 0.0694. The molecule has 0 bridgehead atoms. The molecule has 0 radical (unpaired) electrons. The number of thiazole rings is 1. The van der Waals surface area contributed by atoms with Gasteiger partial charge in [-0.2, -0.15) is 0 Å². The molecule has 0 spiro atoms. The SMILES string of the molecule is O=C(O)c1c(OCc2cncs2)ccc2ccccc12. The number of carboxylic acids is 1. The highest BCUT2D eigenvalue weighted by Crippen LogP contribution is 2.29. The first kappa shape index (κ1) is 12.6. The molecule has 0 unspecified atom stereocenters. The van der Waals surface area contributed by atoms with Crippen LogP contribution < -0.4 is 4.74 Å². The summed E-state index contributed by atoms with van der Waals surface area (Å²) in [6.45, 7) is 0.323. The molecule has 100 valence electrons. The van der Waals surface area contributed by atoms with Crippen molar-refractivity contribution in [2.24, 2.45) is 0 Å². The minimum absolute atomic E-state index is 0.201. The molecule has 2 aromatic carbocycles. The molecular weight excluding hydrogens is 274 g/mol. The fourth-order valence-corrected chi connectivity index (χ4v) is 2.56.